The van der Waals surface area contributed by atoms with Crippen molar-refractivity contribution in [3.05, 3.63) is 0 Å². The molecule has 0 spiro atoms. The van der Waals surface area contributed by atoms with E-state index in [0.29, 0.717) is 0 Å². The van der Waals surface area contributed by atoms with Crippen molar-refractivity contribution in [2.75, 3.05) is 0 Å². The molecule has 0 saturated carbocycles. The van der Waals surface area contributed by atoms with E-state index in [1.54, 1.807) is 20.8 Å². The average molecular weight is 303 g/mol. The molecule has 0 bridgehead atoms. The molecule has 0 aromatic rings. The fourth-order valence-corrected chi connectivity index (χ4v) is 1.60. The van der Waals surface area contributed by atoms with Gasteiger partial charge in [0.25, 0.3) is 0 Å². The van der Waals surface area contributed by atoms with Crippen LogP contribution in [0.5, 0.6) is 0 Å². The molecule has 0 aromatic carbocycles. The molecule has 0 aromatic heterocycles. The number of halogens is 3. The molecular formula is C10H17BrF2O3. The highest BCUT2D eigenvalue weighted by Gasteiger charge is 2.25. The van der Waals surface area contributed by atoms with Crippen LogP contribution in [0.25, 0.3) is 0 Å². The lowest BCUT2D eigenvalue weighted by Crippen LogP contribution is -2.31. The number of hydrogen-bond donors (Lipinski definition) is 0. The molecule has 0 heterocycles. The maximum Gasteiger partial charge on any atom is 0.345 e. The number of alkyl halides is 3. The van der Waals surface area contributed by atoms with Gasteiger partial charge in [0.1, 0.15) is 10.4 Å². The van der Waals surface area contributed by atoms with E-state index in [2.05, 4.69) is 20.7 Å². The molecule has 0 aliphatic carbocycles. The van der Waals surface area contributed by atoms with E-state index in [9.17, 15) is 13.6 Å². The molecular weight excluding hydrogens is 286 g/mol. The normalized spacial score (nSPS) is 16.0. The van der Waals surface area contributed by atoms with Gasteiger partial charge in [-0.1, -0.05) is 15.9 Å². The van der Waals surface area contributed by atoms with Gasteiger partial charge in [-0.2, -0.15) is 8.78 Å². The molecule has 0 rings (SSSR count). The Morgan fingerprint density at radius 2 is 1.88 bits per heavy atom. The summed E-state index contributed by atoms with van der Waals surface area (Å²) in [6.45, 7) is 3.87. The second kappa shape index (κ2) is 6.49. The smallest absolute Gasteiger partial charge is 0.345 e. The molecule has 96 valence electrons. The van der Waals surface area contributed by atoms with E-state index < -0.39 is 29.1 Å². The van der Waals surface area contributed by atoms with Crippen LogP contribution in [-0.2, 0) is 14.3 Å². The van der Waals surface area contributed by atoms with Crippen molar-refractivity contribution in [3.63, 3.8) is 0 Å². The molecule has 0 N–H and O–H groups in total. The Balaban J connectivity index is 4.05. The molecule has 0 radical (unpaired) electrons. The van der Waals surface area contributed by atoms with Gasteiger partial charge >= 0.3 is 12.6 Å². The van der Waals surface area contributed by atoms with Crippen LogP contribution in [0.4, 0.5) is 8.78 Å². The molecule has 16 heavy (non-hydrogen) atoms. The summed E-state index contributed by atoms with van der Waals surface area (Å²) < 4.78 is 33.0. The minimum Gasteiger partial charge on any atom is -0.459 e. The Hall–Kier alpha value is -0.230. The fraction of sp³-hybridized carbons (Fsp3) is 0.900. The lowest BCUT2D eigenvalue weighted by molar-refractivity contribution is -0.166. The van der Waals surface area contributed by atoms with E-state index in [0.717, 1.165) is 0 Å². The SMILES string of the molecule is C[C@@H](CC(Br)C(=O)OC(C)(C)C)OC(F)F. The quantitative estimate of drug-likeness (QED) is 0.578. The Bertz CT molecular complexity index is 229. The van der Waals surface area contributed by atoms with Gasteiger partial charge in [-0.05, 0) is 34.1 Å². The van der Waals surface area contributed by atoms with Crippen LogP contribution in [0, 0.1) is 0 Å². The standard InChI is InChI=1S/C10H17BrF2O3/c1-6(15-9(12)13)5-7(11)8(14)16-10(2,3)4/h6-7,9H,5H2,1-4H3/t6-,7?/m0/s1. The molecule has 2 atom stereocenters. The first-order valence-electron chi connectivity index (χ1n) is 4.92. The summed E-state index contributed by atoms with van der Waals surface area (Å²) in [5.74, 6) is -0.475. The van der Waals surface area contributed by atoms with Crippen molar-refractivity contribution in [1.82, 2.24) is 0 Å². The lowest BCUT2D eigenvalue weighted by Gasteiger charge is -2.22. The van der Waals surface area contributed by atoms with Gasteiger partial charge in [-0.15, -0.1) is 0 Å². The van der Waals surface area contributed by atoms with Crippen LogP contribution in [0.15, 0.2) is 0 Å². The van der Waals surface area contributed by atoms with Gasteiger partial charge in [0.15, 0.2) is 0 Å². The molecule has 0 fully saturated rings. The fourth-order valence-electron chi connectivity index (χ4n) is 0.985. The van der Waals surface area contributed by atoms with Crippen LogP contribution in [0.1, 0.15) is 34.1 Å². The molecule has 6 heteroatoms. The van der Waals surface area contributed by atoms with Gasteiger partial charge in [-0.25, -0.2) is 0 Å². The topological polar surface area (TPSA) is 35.5 Å². The second-order valence-corrected chi connectivity index (χ2v) is 5.55. The van der Waals surface area contributed by atoms with Crippen molar-refractivity contribution in [3.8, 4) is 0 Å². The third-order valence-corrected chi connectivity index (χ3v) is 2.28. The van der Waals surface area contributed by atoms with Crippen molar-refractivity contribution in [2.24, 2.45) is 0 Å². The molecule has 0 aliphatic heterocycles. The first-order chi connectivity index (χ1) is 7.11. The molecule has 0 saturated heterocycles. The Kier molecular flexibility index (Phi) is 6.40. The number of esters is 1. The van der Waals surface area contributed by atoms with Crippen LogP contribution in [0.3, 0.4) is 0 Å². The van der Waals surface area contributed by atoms with Gasteiger partial charge in [0.05, 0.1) is 6.10 Å². The van der Waals surface area contributed by atoms with E-state index >= 15 is 0 Å². The van der Waals surface area contributed by atoms with Crippen LogP contribution < -0.4 is 0 Å². The highest BCUT2D eigenvalue weighted by molar-refractivity contribution is 9.10. The number of carbonyl (C=O) groups excluding carboxylic acids is 1. The summed E-state index contributed by atoms with van der Waals surface area (Å²) in [5.41, 5.74) is -0.587. The third-order valence-electron chi connectivity index (χ3n) is 1.54. The first-order valence-corrected chi connectivity index (χ1v) is 5.84. The van der Waals surface area contributed by atoms with Crippen molar-refractivity contribution in [2.45, 2.75) is 57.3 Å². The zero-order valence-corrected chi connectivity index (χ0v) is 11.4. The van der Waals surface area contributed by atoms with Crippen molar-refractivity contribution < 1.29 is 23.0 Å². The molecule has 1 unspecified atom stereocenters. The average Bonchev–Trinajstić information content (AvgIpc) is 1.98. The highest BCUT2D eigenvalue weighted by atomic mass is 79.9. The largest absolute Gasteiger partial charge is 0.459 e. The second-order valence-electron chi connectivity index (χ2n) is 4.44. The summed E-state index contributed by atoms with van der Waals surface area (Å²) >= 11 is 3.09. The van der Waals surface area contributed by atoms with Crippen LogP contribution in [0.2, 0.25) is 0 Å². The summed E-state index contributed by atoms with van der Waals surface area (Å²) in [6, 6.07) is 0. The summed E-state index contributed by atoms with van der Waals surface area (Å²) in [5, 5.41) is 0. The highest BCUT2D eigenvalue weighted by Crippen LogP contribution is 2.18. The Labute approximate surface area is 103 Å². The monoisotopic (exact) mass is 302 g/mol. The zero-order valence-electron chi connectivity index (χ0n) is 9.80. The number of hydrogen-bond acceptors (Lipinski definition) is 3. The summed E-state index contributed by atoms with van der Waals surface area (Å²) in [6.07, 6.45) is -0.573. The van der Waals surface area contributed by atoms with Gasteiger partial charge in [0, 0.05) is 0 Å². The van der Waals surface area contributed by atoms with Crippen molar-refractivity contribution >= 4 is 21.9 Å². The maximum atomic E-state index is 11.9. The van der Waals surface area contributed by atoms with E-state index in [4.69, 9.17) is 4.74 Å². The Morgan fingerprint density at radius 3 is 2.25 bits per heavy atom. The number of rotatable bonds is 5. The first kappa shape index (κ1) is 15.8. The van der Waals surface area contributed by atoms with Crippen molar-refractivity contribution in [1.29, 1.82) is 0 Å². The minimum absolute atomic E-state index is 0.138. The molecule has 0 aliphatic rings. The number of ether oxygens (including phenoxy) is 2. The molecule has 0 amide bonds. The van der Waals surface area contributed by atoms with E-state index in [-0.39, 0.29) is 6.42 Å². The maximum absolute atomic E-state index is 11.9. The Morgan fingerprint density at radius 1 is 1.38 bits per heavy atom. The van der Waals surface area contributed by atoms with E-state index in [1.165, 1.54) is 6.92 Å². The van der Waals surface area contributed by atoms with Gasteiger partial charge in [-0.3, -0.25) is 4.79 Å². The van der Waals surface area contributed by atoms with Crippen LogP contribution >= 0.6 is 15.9 Å². The third kappa shape index (κ3) is 7.98. The zero-order chi connectivity index (χ0) is 12.9. The van der Waals surface area contributed by atoms with Gasteiger partial charge in [0.2, 0.25) is 0 Å². The molecule has 3 nitrogen and oxygen atoms in total. The minimum atomic E-state index is -2.83. The van der Waals surface area contributed by atoms with E-state index in [1.807, 2.05) is 0 Å². The summed E-state index contributed by atoms with van der Waals surface area (Å²) in [7, 11) is 0. The number of carbonyl (C=O) groups is 1. The summed E-state index contributed by atoms with van der Waals surface area (Å²) in [4.78, 5) is 10.8. The van der Waals surface area contributed by atoms with Crippen LogP contribution in [-0.4, -0.2) is 29.1 Å². The predicted molar refractivity (Wildman–Crippen MR) is 59.7 cm³/mol. The predicted octanol–water partition coefficient (Wildman–Crippen LogP) is 3.11. The lowest BCUT2D eigenvalue weighted by atomic mass is 10.2. The van der Waals surface area contributed by atoms with Gasteiger partial charge < -0.3 is 9.47 Å².